The minimum Gasteiger partial charge on any atom is -0.482 e. The number of hydrogen-bond acceptors (Lipinski definition) is 6. The molecule has 0 unspecified atom stereocenters. The highest BCUT2D eigenvalue weighted by atomic mass is 16.6. The van der Waals surface area contributed by atoms with Crippen LogP contribution in [-0.2, 0) is 9.53 Å². The number of carbonyl (C=O) groups excluding carboxylic acids is 1. The molecule has 0 amide bonds. The number of nitro groups is 1. The molecule has 0 bridgehead atoms. The molecule has 1 N–H and O–H groups in total. The number of aliphatic hydroxyl groups is 1. The highest BCUT2D eigenvalue weighted by Crippen LogP contribution is 2.29. The first-order valence-corrected chi connectivity index (χ1v) is 5.11. The lowest BCUT2D eigenvalue weighted by Gasteiger charge is -2.12. The molecule has 0 heterocycles. The average Bonchev–Trinajstić information content (AvgIpc) is 2.35. The average molecular weight is 255 g/mol. The molecular formula is C11H13NO6. The highest BCUT2D eigenvalue weighted by molar-refractivity contribution is 5.71. The number of nitrogens with zero attached hydrogens (tertiary/aromatic N) is 1. The van der Waals surface area contributed by atoms with Crippen molar-refractivity contribution in [3.8, 4) is 5.75 Å². The second-order valence-corrected chi connectivity index (χ2v) is 3.52. The number of esters is 1. The molecule has 1 aromatic carbocycles. The third-order valence-electron chi connectivity index (χ3n) is 2.23. The summed E-state index contributed by atoms with van der Waals surface area (Å²) in [5.41, 5.74) is 0.0874. The van der Waals surface area contributed by atoms with Gasteiger partial charge >= 0.3 is 5.97 Å². The van der Waals surface area contributed by atoms with Gasteiger partial charge in [0.1, 0.15) is 5.75 Å². The Kier molecular flexibility index (Phi) is 4.61. The maximum Gasteiger partial charge on any atom is 0.343 e. The van der Waals surface area contributed by atoms with Crippen LogP contribution in [0.15, 0.2) is 18.2 Å². The number of rotatable bonds is 5. The summed E-state index contributed by atoms with van der Waals surface area (Å²) in [7, 11) is 1.22. The van der Waals surface area contributed by atoms with Gasteiger partial charge in [-0.3, -0.25) is 10.1 Å². The van der Waals surface area contributed by atoms with Gasteiger partial charge in [0.05, 0.1) is 18.1 Å². The highest BCUT2D eigenvalue weighted by Gasteiger charge is 2.16. The second kappa shape index (κ2) is 5.97. The van der Waals surface area contributed by atoms with E-state index in [1.807, 2.05) is 0 Å². The van der Waals surface area contributed by atoms with E-state index in [-0.39, 0.29) is 23.6 Å². The summed E-state index contributed by atoms with van der Waals surface area (Å²) in [6, 6.07) is 3.78. The van der Waals surface area contributed by atoms with Crippen LogP contribution in [0.1, 0.15) is 18.6 Å². The molecule has 1 rings (SSSR count). The fraction of sp³-hybridized carbons (Fsp3) is 0.364. The van der Waals surface area contributed by atoms with Gasteiger partial charge in [-0.1, -0.05) is 0 Å². The summed E-state index contributed by atoms with van der Waals surface area (Å²) in [6.45, 7) is 1.12. The van der Waals surface area contributed by atoms with Crippen molar-refractivity contribution in [2.75, 3.05) is 13.7 Å². The maximum atomic E-state index is 10.9. The molecule has 0 fully saturated rings. The lowest BCUT2D eigenvalue weighted by atomic mass is 10.1. The van der Waals surface area contributed by atoms with Gasteiger partial charge in [-0.2, -0.15) is 0 Å². The molecule has 0 radical (unpaired) electrons. The van der Waals surface area contributed by atoms with Crippen LogP contribution in [0.25, 0.3) is 0 Å². The molecule has 0 aromatic heterocycles. The Hall–Kier alpha value is -2.15. The summed E-state index contributed by atoms with van der Waals surface area (Å²) in [4.78, 5) is 21.0. The van der Waals surface area contributed by atoms with E-state index < -0.39 is 17.0 Å². The second-order valence-electron chi connectivity index (χ2n) is 3.52. The van der Waals surface area contributed by atoms with Crippen LogP contribution in [-0.4, -0.2) is 29.7 Å². The van der Waals surface area contributed by atoms with Gasteiger partial charge in [-0.05, 0) is 13.0 Å². The normalized spacial score (nSPS) is 11.7. The van der Waals surface area contributed by atoms with Crippen LogP contribution in [0, 0.1) is 10.1 Å². The molecule has 1 aromatic rings. The molecular weight excluding hydrogens is 242 g/mol. The standard InChI is InChI=1S/C11H13NO6/c1-7(13)9-5-8(12(15)16)3-4-10(9)18-6-11(14)17-2/h3-5,7,13H,6H2,1-2H3/t7-/m1/s1. The van der Waals surface area contributed by atoms with Crippen molar-refractivity contribution in [3.63, 3.8) is 0 Å². The maximum absolute atomic E-state index is 10.9. The predicted octanol–water partition coefficient (Wildman–Crippen LogP) is 1.20. The first kappa shape index (κ1) is 13.9. The van der Waals surface area contributed by atoms with Crippen LogP contribution < -0.4 is 4.74 Å². The molecule has 7 heteroatoms. The Bertz CT molecular complexity index is 457. The first-order chi connectivity index (χ1) is 8.45. The van der Waals surface area contributed by atoms with Crippen molar-refractivity contribution in [2.24, 2.45) is 0 Å². The van der Waals surface area contributed by atoms with Crippen molar-refractivity contribution < 1.29 is 24.3 Å². The van der Waals surface area contributed by atoms with Gasteiger partial charge in [0, 0.05) is 17.7 Å². The summed E-state index contributed by atoms with van der Waals surface area (Å²) < 4.78 is 9.53. The van der Waals surface area contributed by atoms with Gasteiger partial charge in [0.2, 0.25) is 0 Å². The van der Waals surface area contributed by atoms with Gasteiger partial charge < -0.3 is 14.6 Å². The number of carbonyl (C=O) groups is 1. The first-order valence-electron chi connectivity index (χ1n) is 5.11. The summed E-state index contributed by atoms with van der Waals surface area (Å²) in [5.74, 6) is -0.370. The quantitative estimate of drug-likeness (QED) is 0.482. The van der Waals surface area contributed by atoms with Crippen LogP contribution in [0.3, 0.4) is 0 Å². The Morgan fingerprint density at radius 1 is 1.56 bits per heavy atom. The Morgan fingerprint density at radius 3 is 2.72 bits per heavy atom. The molecule has 0 aliphatic heterocycles. The molecule has 1 atom stereocenters. The molecule has 18 heavy (non-hydrogen) atoms. The van der Waals surface area contributed by atoms with Crippen LogP contribution in [0.5, 0.6) is 5.75 Å². The van der Waals surface area contributed by atoms with Crippen molar-refractivity contribution in [2.45, 2.75) is 13.0 Å². The molecule has 0 saturated heterocycles. The molecule has 0 aliphatic carbocycles. The summed E-state index contributed by atoms with van der Waals surface area (Å²) in [5, 5.41) is 20.1. The van der Waals surface area contributed by atoms with E-state index >= 15 is 0 Å². The number of hydrogen-bond donors (Lipinski definition) is 1. The minimum atomic E-state index is -0.947. The van der Waals surface area contributed by atoms with Crippen molar-refractivity contribution in [1.29, 1.82) is 0 Å². The van der Waals surface area contributed by atoms with Crippen molar-refractivity contribution in [3.05, 3.63) is 33.9 Å². The largest absolute Gasteiger partial charge is 0.482 e. The van der Waals surface area contributed by atoms with Gasteiger partial charge in [0.25, 0.3) is 5.69 Å². The lowest BCUT2D eigenvalue weighted by Crippen LogP contribution is -2.13. The van der Waals surface area contributed by atoms with Gasteiger partial charge in [-0.15, -0.1) is 0 Å². The van der Waals surface area contributed by atoms with E-state index in [1.165, 1.54) is 32.2 Å². The number of benzene rings is 1. The molecule has 0 spiro atoms. The van der Waals surface area contributed by atoms with E-state index in [1.54, 1.807) is 0 Å². The number of nitro benzene ring substituents is 1. The monoisotopic (exact) mass is 255 g/mol. The molecule has 0 saturated carbocycles. The SMILES string of the molecule is COC(=O)COc1ccc([N+](=O)[O-])cc1[C@@H](C)O. The Labute approximate surface area is 103 Å². The predicted molar refractivity (Wildman–Crippen MR) is 61.2 cm³/mol. The number of ether oxygens (including phenoxy) is 2. The topological polar surface area (TPSA) is 98.9 Å². The zero-order chi connectivity index (χ0) is 13.7. The van der Waals surface area contributed by atoms with Gasteiger partial charge in [-0.25, -0.2) is 4.79 Å². The molecule has 7 nitrogen and oxygen atoms in total. The Morgan fingerprint density at radius 2 is 2.22 bits per heavy atom. The molecule has 98 valence electrons. The summed E-state index contributed by atoms with van der Waals surface area (Å²) in [6.07, 6.45) is -0.947. The third kappa shape index (κ3) is 3.42. The van der Waals surface area contributed by atoms with E-state index in [4.69, 9.17) is 4.74 Å². The van der Waals surface area contributed by atoms with E-state index in [0.29, 0.717) is 0 Å². The molecule has 0 aliphatic rings. The number of methoxy groups -OCH3 is 1. The van der Waals surface area contributed by atoms with Crippen LogP contribution in [0.4, 0.5) is 5.69 Å². The van der Waals surface area contributed by atoms with Crippen LogP contribution >= 0.6 is 0 Å². The van der Waals surface area contributed by atoms with Crippen LogP contribution in [0.2, 0.25) is 0 Å². The fourth-order valence-electron chi connectivity index (χ4n) is 1.30. The third-order valence-corrected chi connectivity index (χ3v) is 2.23. The lowest BCUT2D eigenvalue weighted by molar-refractivity contribution is -0.385. The van der Waals surface area contributed by atoms with E-state index in [2.05, 4.69) is 4.74 Å². The fourth-order valence-corrected chi connectivity index (χ4v) is 1.30. The Balaban J connectivity index is 2.97. The zero-order valence-electron chi connectivity index (χ0n) is 9.95. The van der Waals surface area contributed by atoms with E-state index in [9.17, 15) is 20.0 Å². The van der Waals surface area contributed by atoms with Crippen molar-refractivity contribution >= 4 is 11.7 Å². The van der Waals surface area contributed by atoms with Crippen molar-refractivity contribution in [1.82, 2.24) is 0 Å². The number of aliphatic hydroxyl groups excluding tert-OH is 1. The summed E-state index contributed by atoms with van der Waals surface area (Å²) >= 11 is 0. The zero-order valence-corrected chi connectivity index (χ0v) is 9.95. The van der Waals surface area contributed by atoms with Gasteiger partial charge in [0.15, 0.2) is 6.61 Å². The number of non-ortho nitro benzene ring substituents is 1. The smallest absolute Gasteiger partial charge is 0.343 e. The van der Waals surface area contributed by atoms with E-state index in [0.717, 1.165) is 0 Å². The minimum absolute atomic E-state index is 0.156.